The number of anilines is 2. The first-order valence-corrected chi connectivity index (χ1v) is 8.27. The fourth-order valence-electron chi connectivity index (χ4n) is 1.86. The average molecular weight is 347 g/mol. The largest absolute Gasteiger partial charge is 0.334 e. The quantitative estimate of drug-likeness (QED) is 0.792. The maximum absolute atomic E-state index is 12.0. The van der Waals surface area contributed by atoms with Gasteiger partial charge in [0.1, 0.15) is 5.82 Å². The molecule has 3 amide bonds. The van der Waals surface area contributed by atoms with Crippen molar-refractivity contribution in [1.29, 1.82) is 0 Å². The van der Waals surface area contributed by atoms with Gasteiger partial charge in [0.15, 0.2) is 0 Å². The third-order valence-corrected chi connectivity index (χ3v) is 3.65. The molecule has 0 saturated carbocycles. The van der Waals surface area contributed by atoms with Gasteiger partial charge < -0.3 is 10.6 Å². The molecule has 1 heterocycles. The standard InChI is InChI=1S/C16H21N5O2S/c1-10(22)18-12-7-5-6-11(8-12)9-17-14(23)20-15-19-13(21-24-15)16(2,3)4/h5-8H,9H2,1-4H3,(H,18,22)(H2,17,19,20,21,23). The molecular weight excluding hydrogens is 326 g/mol. The SMILES string of the molecule is CC(=O)Nc1cccc(CNC(=O)Nc2nc(C(C)(C)C)ns2)c1. The molecular formula is C16H21N5O2S. The Morgan fingerprint density at radius 3 is 2.58 bits per heavy atom. The fourth-order valence-corrected chi connectivity index (χ4v) is 2.62. The van der Waals surface area contributed by atoms with E-state index in [-0.39, 0.29) is 17.4 Å². The third-order valence-electron chi connectivity index (χ3n) is 3.02. The number of carbonyl (C=O) groups excluding carboxylic acids is 2. The Hall–Kier alpha value is -2.48. The minimum atomic E-state index is -0.350. The van der Waals surface area contributed by atoms with Crippen molar-refractivity contribution in [3.63, 3.8) is 0 Å². The molecule has 2 rings (SSSR count). The normalized spacial score (nSPS) is 11.0. The van der Waals surface area contributed by atoms with E-state index in [1.54, 1.807) is 6.07 Å². The predicted octanol–water partition coefficient (Wildman–Crippen LogP) is 3.12. The number of carbonyl (C=O) groups is 2. The maximum atomic E-state index is 12.0. The van der Waals surface area contributed by atoms with Crippen molar-refractivity contribution in [2.24, 2.45) is 0 Å². The van der Waals surface area contributed by atoms with E-state index < -0.39 is 0 Å². The van der Waals surface area contributed by atoms with Crippen LogP contribution in [0.5, 0.6) is 0 Å². The van der Waals surface area contributed by atoms with Gasteiger partial charge in [0.25, 0.3) is 0 Å². The van der Waals surface area contributed by atoms with E-state index in [9.17, 15) is 9.59 Å². The van der Waals surface area contributed by atoms with E-state index in [0.29, 0.717) is 23.2 Å². The van der Waals surface area contributed by atoms with Gasteiger partial charge in [0.2, 0.25) is 11.0 Å². The van der Waals surface area contributed by atoms with Crippen LogP contribution in [0, 0.1) is 0 Å². The Morgan fingerprint density at radius 1 is 1.21 bits per heavy atom. The number of nitrogens with one attached hydrogen (secondary N) is 3. The lowest BCUT2D eigenvalue weighted by Gasteiger charge is -2.12. The van der Waals surface area contributed by atoms with Crippen LogP contribution in [-0.4, -0.2) is 21.3 Å². The minimum absolute atomic E-state index is 0.135. The molecule has 24 heavy (non-hydrogen) atoms. The summed E-state index contributed by atoms with van der Waals surface area (Å²) in [6, 6.07) is 6.94. The molecule has 1 aromatic heterocycles. The number of amides is 3. The van der Waals surface area contributed by atoms with Gasteiger partial charge in [-0.2, -0.15) is 4.37 Å². The Labute approximate surface area is 145 Å². The van der Waals surface area contributed by atoms with Crippen LogP contribution in [0.25, 0.3) is 0 Å². The highest BCUT2D eigenvalue weighted by Gasteiger charge is 2.20. The third kappa shape index (κ3) is 5.31. The van der Waals surface area contributed by atoms with Gasteiger partial charge in [-0.05, 0) is 17.7 Å². The van der Waals surface area contributed by atoms with Crippen molar-refractivity contribution in [3.05, 3.63) is 35.7 Å². The van der Waals surface area contributed by atoms with E-state index in [2.05, 4.69) is 25.3 Å². The summed E-state index contributed by atoms with van der Waals surface area (Å²) in [5.74, 6) is 0.564. The highest BCUT2D eigenvalue weighted by Crippen LogP contribution is 2.22. The van der Waals surface area contributed by atoms with E-state index in [1.165, 1.54) is 6.92 Å². The molecule has 3 N–H and O–H groups in total. The number of urea groups is 1. The molecule has 0 unspecified atom stereocenters. The maximum Gasteiger partial charge on any atom is 0.321 e. The van der Waals surface area contributed by atoms with Crippen molar-refractivity contribution in [2.45, 2.75) is 39.7 Å². The van der Waals surface area contributed by atoms with Gasteiger partial charge in [-0.25, -0.2) is 9.78 Å². The number of benzene rings is 1. The molecule has 8 heteroatoms. The van der Waals surface area contributed by atoms with Crippen LogP contribution in [0.4, 0.5) is 15.6 Å². The zero-order valence-corrected chi connectivity index (χ0v) is 15.0. The van der Waals surface area contributed by atoms with Crippen molar-refractivity contribution in [1.82, 2.24) is 14.7 Å². The summed E-state index contributed by atoms with van der Waals surface area (Å²) >= 11 is 1.16. The van der Waals surface area contributed by atoms with Gasteiger partial charge in [0.05, 0.1) is 0 Å². The van der Waals surface area contributed by atoms with Crippen LogP contribution in [0.1, 0.15) is 39.1 Å². The summed E-state index contributed by atoms with van der Waals surface area (Å²) in [4.78, 5) is 27.3. The van der Waals surface area contributed by atoms with Crippen LogP contribution >= 0.6 is 11.5 Å². The zero-order valence-electron chi connectivity index (χ0n) is 14.1. The summed E-state index contributed by atoms with van der Waals surface area (Å²) in [6.45, 7) is 7.83. The summed E-state index contributed by atoms with van der Waals surface area (Å²) in [7, 11) is 0. The van der Waals surface area contributed by atoms with Crippen molar-refractivity contribution >= 4 is 34.3 Å². The molecule has 7 nitrogen and oxygen atoms in total. The van der Waals surface area contributed by atoms with E-state index in [1.807, 2.05) is 39.0 Å². The lowest BCUT2D eigenvalue weighted by molar-refractivity contribution is -0.114. The van der Waals surface area contributed by atoms with E-state index in [4.69, 9.17) is 0 Å². The molecule has 0 aliphatic rings. The number of aromatic nitrogens is 2. The minimum Gasteiger partial charge on any atom is -0.334 e. The van der Waals surface area contributed by atoms with Crippen molar-refractivity contribution in [2.75, 3.05) is 10.6 Å². The highest BCUT2D eigenvalue weighted by atomic mass is 32.1. The first-order valence-electron chi connectivity index (χ1n) is 7.49. The molecule has 0 bridgehead atoms. The molecule has 0 radical (unpaired) electrons. The van der Waals surface area contributed by atoms with Crippen LogP contribution in [0.2, 0.25) is 0 Å². The van der Waals surface area contributed by atoms with E-state index >= 15 is 0 Å². The Bertz CT molecular complexity index is 736. The lowest BCUT2D eigenvalue weighted by Crippen LogP contribution is -2.28. The summed E-state index contributed by atoms with van der Waals surface area (Å²) in [5.41, 5.74) is 1.42. The summed E-state index contributed by atoms with van der Waals surface area (Å²) < 4.78 is 4.25. The molecule has 0 aliphatic heterocycles. The lowest BCUT2D eigenvalue weighted by atomic mass is 9.96. The van der Waals surface area contributed by atoms with Crippen molar-refractivity contribution < 1.29 is 9.59 Å². The van der Waals surface area contributed by atoms with Gasteiger partial charge in [-0.15, -0.1) is 0 Å². The Morgan fingerprint density at radius 2 is 1.96 bits per heavy atom. The second kappa shape index (κ2) is 7.39. The van der Waals surface area contributed by atoms with Crippen molar-refractivity contribution in [3.8, 4) is 0 Å². The first-order chi connectivity index (χ1) is 11.2. The fraction of sp³-hybridized carbons (Fsp3) is 0.375. The average Bonchev–Trinajstić information content (AvgIpc) is 2.93. The van der Waals surface area contributed by atoms with E-state index in [0.717, 1.165) is 17.1 Å². The van der Waals surface area contributed by atoms with Crippen LogP contribution < -0.4 is 16.0 Å². The van der Waals surface area contributed by atoms with Gasteiger partial charge in [0, 0.05) is 36.1 Å². The monoisotopic (exact) mass is 347 g/mol. The van der Waals surface area contributed by atoms with Gasteiger partial charge >= 0.3 is 6.03 Å². The molecule has 0 fully saturated rings. The second-order valence-corrected chi connectivity index (χ2v) is 7.11. The molecule has 0 saturated heterocycles. The summed E-state index contributed by atoms with van der Waals surface area (Å²) in [6.07, 6.45) is 0. The first kappa shape index (κ1) is 17.9. The molecule has 0 spiro atoms. The highest BCUT2D eigenvalue weighted by molar-refractivity contribution is 7.09. The van der Waals surface area contributed by atoms with Gasteiger partial charge in [-0.1, -0.05) is 32.9 Å². The van der Waals surface area contributed by atoms with Crippen LogP contribution in [0.3, 0.4) is 0 Å². The molecule has 128 valence electrons. The van der Waals surface area contributed by atoms with Gasteiger partial charge in [-0.3, -0.25) is 10.1 Å². The topological polar surface area (TPSA) is 96.0 Å². The molecule has 2 aromatic rings. The van der Waals surface area contributed by atoms with Crippen LogP contribution in [0.15, 0.2) is 24.3 Å². The smallest absolute Gasteiger partial charge is 0.321 e. The number of nitrogens with zero attached hydrogens (tertiary/aromatic N) is 2. The Balaban J connectivity index is 1.89. The number of rotatable bonds is 4. The Kier molecular flexibility index (Phi) is 5.50. The van der Waals surface area contributed by atoms with Crippen LogP contribution in [-0.2, 0) is 16.8 Å². The number of hydrogen-bond acceptors (Lipinski definition) is 5. The molecule has 0 atom stereocenters. The zero-order chi connectivity index (χ0) is 17.7. The molecule has 0 aliphatic carbocycles. The second-order valence-electron chi connectivity index (χ2n) is 6.36. The summed E-state index contributed by atoms with van der Waals surface area (Å²) in [5, 5.41) is 8.60. The molecule has 1 aromatic carbocycles. The predicted molar refractivity (Wildman–Crippen MR) is 95.2 cm³/mol. The number of hydrogen-bond donors (Lipinski definition) is 3.